The lowest BCUT2D eigenvalue weighted by atomic mass is 10.3. The smallest absolute Gasteiger partial charge is 0.283 e. The second-order valence-electron chi connectivity index (χ2n) is 5.88. The van der Waals surface area contributed by atoms with Crippen LogP contribution in [-0.4, -0.2) is 62.5 Å². The van der Waals surface area contributed by atoms with Gasteiger partial charge in [0.15, 0.2) is 5.76 Å². The Labute approximate surface area is 143 Å². The van der Waals surface area contributed by atoms with E-state index in [-0.39, 0.29) is 0 Å². The van der Waals surface area contributed by atoms with Gasteiger partial charge in [-0.3, -0.25) is 9.88 Å². The maximum Gasteiger partial charge on any atom is 0.283 e. The van der Waals surface area contributed by atoms with Gasteiger partial charge in [-0.1, -0.05) is 0 Å². The minimum absolute atomic E-state index is 0.358. The molecule has 1 aliphatic heterocycles. The molecule has 9 nitrogen and oxygen atoms in total. The number of furan rings is 1. The molecule has 3 aromatic heterocycles. The Hall–Kier alpha value is -2.78. The molecule has 1 atom stereocenters. The van der Waals surface area contributed by atoms with Crippen molar-refractivity contribution < 1.29 is 13.9 Å². The highest BCUT2D eigenvalue weighted by atomic mass is 16.4. The molecule has 0 spiro atoms. The molecular formula is C16H18N6O3. The predicted molar refractivity (Wildman–Crippen MR) is 87.5 cm³/mol. The summed E-state index contributed by atoms with van der Waals surface area (Å²) in [5, 5.41) is 18.4. The van der Waals surface area contributed by atoms with E-state index >= 15 is 0 Å². The van der Waals surface area contributed by atoms with Crippen LogP contribution in [0, 0.1) is 0 Å². The van der Waals surface area contributed by atoms with Crippen molar-refractivity contribution in [2.45, 2.75) is 12.6 Å². The van der Waals surface area contributed by atoms with Gasteiger partial charge >= 0.3 is 0 Å². The third-order valence-corrected chi connectivity index (χ3v) is 4.02. The Balaban J connectivity index is 1.42. The number of aliphatic hydroxyl groups is 1. The zero-order valence-corrected chi connectivity index (χ0v) is 13.5. The molecule has 4 heterocycles. The summed E-state index contributed by atoms with van der Waals surface area (Å²) in [5.41, 5.74) is 0. The number of aliphatic hydroxyl groups excluding tert-OH is 1. The lowest BCUT2D eigenvalue weighted by molar-refractivity contribution is 0.124. The van der Waals surface area contributed by atoms with Gasteiger partial charge in [0, 0.05) is 38.6 Å². The lowest BCUT2D eigenvalue weighted by Gasteiger charge is -2.21. The molecule has 0 amide bonds. The molecule has 4 rings (SSSR count). The molecular weight excluding hydrogens is 324 g/mol. The van der Waals surface area contributed by atoms with Gasteiger partial charge < -0.3 is 18.8 Å². The Morgan fingerprint density at radius 3 is 2.96 bits per heavy atom. The van der Waals surface area contributed by atoms with Gasteiger partial charge in [-0.15, -0.1) is 10.2 Å². The Morgan fingerprint density at radius 2 is 2.16 bits per heavy atom. The van der Waals surface area contributed by atoms with Gasteiger partial charge in [0.25, 0.3) is 5.89 Å². The molecule has 25 heavy (non-hydrogen) atoms. The highest BCUT2D eigenvalue weighted by Gasteiger charge is 2.23. The fourth-order valence-corrected chi connectivity index (χ4v) is 2.87. The van der Waals surface area contributed by atoms with Crippen molar-refractivity contribution in [2.75, 3.05) is 31.1 Å². The first-order valence-electron chi connectivity index (χ1n) is 8.05. The first kappa shape index (κ1) is 15.7. The summed E-state index contributed by atoms with van der Waals surface area (Å²) >= 11 is 0. The molecule has 0 bridgehead atoms. The fourth-order valence-electron chi connectivity index (χ4n) is 2.87. The van der Waals surface area contributed by atoms with Gasteiger partial charge in [0.1, 0.15) is 5.82 Å². The van der Waals surface area contributed by atoms with Crippen molar-refractivity contribution in [3.05, 3.63) is 42.9 Å². The Bertz CT molecular complexity index is 791. The quantitative estimate of drug-likeness (QED) is 0.737. The van der Waals surface area contributed by atoms with Crippen molar-refractivity contribution in [1.29, 1.82) is 0 Å². The third-order valence-electron chi connectivity index (χ3n) is 4.02. The Kier molecular flexibility index (Phi) is 4.40. The van der Waals surface area contributed by atoms with Crippen LogP contribution in [0.5, 0.6) is 0 Å². The third kappa shape index (κ3) is 3.67. The van der Waals surface area contributed by atoms with Crippen LogP contribution in [-0.2, 0) is 6.54 Å². The van der Waals surface area contributed by atoms with Crippen LogP contribution in [0.4, 0.5) is 5.82 Å². The fraction of sp³-hybridized carbons (Fsp3) is 0.375. The van der Waals surface area contributed by atoms with Crippen LogP contribution in [0.25, 0.3) is 11.7 Å². The monoisotopic (exact) mass is 342 g/mol. The first-order chi connectivity index (χ1) is 12.3. The summed E-state index contributed by atoms with van der Waals surface area (Å²) in [7, 11) is 0. The SMILES string of the molecule is O[C@@H]1CN(Cc2nnc(-c3ccco3)o2)CCN(c2cnccn2)C1. The van der Waals surface area contributed by atoms with Gasteiger partial charge in [-0.25, -0.2) is 4.98 Å². The molecule has 0 aromatic carbocycles. The topological polar surface area (TPSA) is 105 Å². The molecule has 1 fully saturated rings. The van der Waals surface area contributed by atoms with E-state index in [1.54, 1.807) is 37.0 Å². The normalized spacial score (nSPS) is 19.1. The number of rotatable bonds is 4. The predicted octanol–water partition coefficient (Wildman–Crippen LogP) is 0.803. The number of β-amino-alcohol motifs (C(OH)–C–C–N with tert-alkyl or cyclic N) is 1. The first-order valence-corrected chi connectivity index (χ1v) is 8.05. The van der Waals surface area contributed by atoms with Crippen molar-refractivity contribution in [3.63, 3.8) is 0 Å². The van der Waals surface area contributed by atoms with E-state index in [2.05, 4.69) is 25.1 Å². The average molecular weight is 342 g/mol. The van der Waals surface area contributed by atoms with Crippen LogP contribution in [0.15, 0.2) is 45.8 Å². The largest absolute Gasteiger partial charge is 0.459 e. The molecule has 1 saturated heterocycles. The molecule has 130 valence electrons. The highest BCUT2D eigenvalue weighted by molar-refractivity contribution is 5.42. The number of aromatic nitrogens is 4. The summed E-state index contributed by atoms with van der Waals surface area (Å²) in [5.74, 6) is 2.16. The molecule has 0 radical (unpaired) electrons. The van der Waals surface area contributed by atoms with Crippen LogP contribution in [0.3, 0.4) is 0 Å². The highest BCUT2D eigenvalue weighted by Crippen LogP contribution is 2.19. The van der Waals surface area contributed by atoms with E-state index in [0.29, 0.717) is 37.2 Å². The molecule has 0 saturated carbocycles. The minimum atomic E-state index is -0.503. The van der Waals surface area contributed by atoms with Crippen molar-refractivity contribution in [1.82, 2.24) is 25.1 Å². The average Bonchev–Trinajstić information content (AvgIpc) is 3.27. The Morgan fingerprint density at radius 1 is 1.20 bits per heavy atom. The maximum absolute atomic E-state index is 10.3. The van der Waals surface area contributed by atoms with Crippen LogP contribution >= 0.6 is 0 Å². The molecule has 0 unspecified atom stereocenters. The van der Waals surface area contributed by atoms with Crippen molar-refractivity contribution >= 4 is 5.82 Å². The van der Waals surface area contributed by atoms with Gasteiger partial charge in [0.2, 0.25) is 5.89 Å². The standard InChI is InChI=1S/C16H18N6O3/c23-12-9-21(5-6-22(10-12)14-8-17-3-4-18-14)11-15-19-20-16(25-15)13-2-1-7-24-13/h1-4,7-8,12,23H,5-6,9-11H2/t12-/m1/s1. The van der Waals surface area contributed by atoms with Crippen molar-refractivity contribution in [2.24, 2.45) is 0 Å². The van der Waals surface area contributed by atoms with E-state index in [1.807, 2.05) is 4.90 Å². The summed E-state index contributed by atoms with van der Waals surface area (Å²) in [6, 6.07) is 3.54. The number of hydrogen-bond acceptors (Lipinski definition) is 9. The van der Waals surface area contributed by atoms with E-state index in [4.69, 9.17) is 8.83 Å². The van der Waals surface area contributed by atoms with Gasteiger partial charge in [0.05, 0.1) is 25.1 Å². The zero-order chi connectivity index (χ0) is 17.1. The molecule has 1 aliphatic rings. The van der Waals surface area contributed by atoms with Gasteiger partial charge in [-0.05, 0) is 12.1 Å². The summed E-state index contributed by atoms with van der Waals surface area (Å²) in [4.78, 5) is 12.5. The van der Waals surface area contributed by atoms with Crippen LogP contribution < -0.4 is 4.90 Å². The van der Waals surface area contributed by atoms with Crippen molar-refractivity contribution in [3.8, 4) is 11.7 Å². The number of nitrogens with zero attached hydrogens (tertiary/aromatic N) is 6. The summed E-state index contributed by atoms with van der Waals surface area (Å²) in [6.07, 6.45) is 6.05. The number of hydrogen-bond donors (Lipinski definition) is 1. The minimum Gasteiger partial charge on any atom is -0.459 e. The summed E-state index contributed by atoms with van der Waals surface area (Å²) < 4.78 is 10.9. The molecule has 0 aliphatic carbocycles. The van der Waals surface area contributed by atoms with E-state index in [9.17, 15) is 5.11 Å². The van der Waals surface area contributed by atoms with E-state index in [1.165, 1.54) is 0 Å². The molecule has 1 N–H and O–H groups in total. The van der Waals surface area contributed by atoms with Crippen LogP contribution in [0.2, 0.25) is 0 Å². The van der Waals surface area contributed by atoms with E-state index < -0.39 is 6.10 Å². The second-order valence-corrected chi connectivity index (χ2v) is 5.88. The van der Waals surface area contributed by atoms with Crippen LogP contribution in [0.1, 0.15) is 5.89 Å². The summed E-state index contributed by atoms with van der Waals surface area (Å²) in [6.45, 7) is 2.98. The van der Waals surface area contributed by atoms with E-state index in [0.717, 1.165) is 18.9 Å². The lowest BCUT2D eigenvalue weighted by Crippen LogP contribution is -2.33. The maximum atomic E-state index is 10.3. The second kappa shape index (κ2) is 6.99. The van der Waals surface area contributed by atoms with Gasteiger partial charge in [-0.2, -0.15) is 0 Å². The zero-order valence-electron chi connectivity index (χ0n) is 13.5. The molecule has 9 heteroatoms. The molecule has 3 aromatic rings. The number of anilines is 1.